The molecule has 0 spiro atoms. The van der Waals surface area contributed by atoms with Gasteiger partial charge in [-0.25, -0.2) is 17.6 Å². The van der Waals surface area contributed by atoms with Gasteiger partial charge in [-0.15, -0.1) is 3.89 Å². The Bertz CT molecular complexity index is 182. The van der Waals surface area contributed by atoms with Crippen molar-refractivity contribution in [2.75, 3.05) is 5.75 Å². The smallest absolute Gasteiger partial charge is 0.204 e. The monoisotopic (exact) mass is 214 g/mol. The maximum Gasteiger partial charge on any atom is 0.302 e. The topological polar surface area (TPSA) is 34.1 Å². The van der Waals surface area contributed by atoms with Crippen LogP contribution in [0.5, 0.6) is 0 Å². The summed E-state index contributed by atoms with van der Waals surface area (Å²) >= 11 is 0. The van der Waals surface area contributed by atoms with Gasteiger partial charge in [0.2, 0.25) is 0 Å². The number of alkyl halides is 4. The highest BCUT2D eigenvalue weighted by Crippen LogP contribution is 2.04. The fourth-order valence-electron chi connectivity index (χ4n) is 0. The molecule has 12 heavy (non-hydrogen) atoms. The van der Waals surface area contributed by atoms with E-state index in [1.165, 1.54) is 6.92 Å². The molecule has 0 atom stereocenters. The molecule has 0 saturated carbocycles. The van der Waals surface area contributed by atoms with Gasteiger partial charge in [-0.1, -0.05) is 0 Å². The first-order chi connectivity index (χ1) is 5.20. The van der Waals surface area contributed by atoms with Crippen molar-refractivity contribution in [1.82, 2.24) is 0 Å². The SMILES string of the molecule is CCS(=O)(=O)F.FC(F)C(F)F. The van der Waals surface area contributed by atoms with Crippen molar-refractivity contribution in [3.05, 3.63) is 0 Å². The van der Waals surface area contributed by atoms with Gasteiger partial charge in [0.05, 0.1) is 5.75 Å². The summed E-state index contributed by atoms with van der Waals surface area (Å²) in [6.45, 7) is 1.25. The second-order valence-electron chi connectivity index (χ2n) is 1.50. The largest absolute Gasteiger partial charge is 0.302 e. The van der Waals surface area contributed by atoms with Gasteiger partial charge in [0.1, 0.15) is 0 Å². The summed E-state index contributed by atoms with van der Waals surface area (Å²) < 4.78 is 71.4. The molecule has 0 bridgehead atoms. The maximum atomic E-state index is 11.1. The highest BCUT2D eigenvalue weighted by atomic mass is 32.3. The fraction of sp³-hybridized carbons (Fsp3) is 1.00. The highest BCUT2D eigenvalue weighted by Gasteiger charge is 2.15. The van der Waals surface area contributed by atoms with E-state index >= 15 is 0 Å². The first kappa shape index (κ1) is 14.1. The van der Waals surface area contributed by atoms with Crippen LogP contribution in [0.3, 0.4) is 0 Å². The summed E-state index contributed by atoms with van der Waals surface area (Å²) in [6, 6.07) is 0. The van der Waals surface area contributed by atoms with Gasteiger partial charge in [0, 0.05) is 0 Å². The number of hydrogen-bond acceptors (Lipinski definition) is 2. The van der Waals surface area contributed by atoms with Crippen molar-refractivity contribution in [2.24, 2.45) is 0 Å². The van der Waals surface area contributed by atoms with Crippen molar-refractivity contribution >= 4 is 10.2 Å². The molecule has 0 aromatic carbocycles. The normalized spacial score (nSPS) is 11.3. The Morgan fingerprint density at radius 3 is 1.25 bits per heavy atom. The van der Waals surface area contributed by atoms with Gasteiger partial charge >= 0.3 is 10.2 Å². The van der Waals surface area contributed by atoms with E-state index in [9.17, 15) is 29.9 Å². The van der Waals surface area contributed by atoms with Crippen LogP contribution >= 0.6 is 0 Å². The minimum Gasteiger partial charge on any atom is -0.204 e. The number of hydrogen-bond donors (Lipinski definition) is 0. The third-order valence-corrected chi connectivity index (χ3v) is 1.22. The zero-order chi connectivity index (χ0) is 10.4. The lowest BCUT2D eigenvalue weighted by Gasteiger charge is -1.89. The van der Waals surface area contributed by atoms with E-state index < -0.39 is 28.8 Å². The summed E-state index contributed by atoms with van der Waals surface area (Å²) in [5.74, 6) is -0.424. The quantitative estimate of drug-likeness (QED) is 0.519. The molecule has 2 nitrogen and oxygen atoms in total. The third kappa shape index (κ3) is 16.3. The highest BCUT2D eigenvalue weighted by molar-refractivity contribution is 7.86. The van der Waals surface area contributed by atoms with Crippen LogP contribution < -0.4 is 0 Å². The van der Waals surface area contributed by atoms with Gasteiger partial charge in [-0.05, 0) is 6.92 Å². The van der Waals surface area contributed by atoms with Crippen LogP contribution in [0.1, 0.15) is 6.92 Å². The zero-order valence-electron chi connectivity index (χ0n) is 5.98. The van der Waals surface area contributed by atoms with Crippen LogP contribution in [0.2, 0.25) is 0 Å². The summed E-state index contributed by atoms with van der Waals surface area (Å²) in [7, 11) is -4.16. The van der Waals surface area contributed by atoms with Gasteiger partial charge in [0.15, 0.2) is 0 Å². The lowest BCUT2D eigenvalue weighted by atomic mass is 10.8. The standard InChI is InChI=1S/C2H2F4.C2H5FO2S/c3-1(4)2(5)6;1-2-6(3,4)5/h1-2H;2H2,1H3. The average Bonchev–Trinajstić information content (AvgIpc) is 1.87. The molecule has 0 fully saturated rings. The van der Waals surface area contributed by atoms with Crippen molar-refractivity contribution in [3.8, 4) is 0 Å². The van der Waals surface area contributed by atoms with Crippen LogP contribution in [0.25, 0.3) is 0 Å². The predicted octanol–water partition coefficient (Wildman–Crippen LogP) is 1.82. The zero-order valence-corrected chi connectivity index (χ0v) is 6.79. The predicted molar refractivity (Wildman–Crippen MR) is 32.6 cm³/mol. The molecule has 0 amide bonds. The minimum atomic E-state index is -4.16. The number of halogens is 5. The van der Waals surface area contributed by atoms with E-state index in [2.05, 4.69) is 0 Å². The molecule has 0 aliphatic rings. The molecule has 0 heterocycles. The van der Waals surface area contributed by atoms with Gasteiger partial charge in [-0.3, -0.25) is 0 Å². The van der Waals surface area contributed by atoms with E-state index in [0.717, 1.165) is 0 Å². The molecular formula is C4H7F5O2S. The van der Waals surface area contributed by atoms with E-state index in [1.54, 1.807) is 0 Å². The molecule has 0 aromatic heterocycles. The Kier molecular flexibility index (Phi) is 7.25. The Morgan fingerprint density at radius 1 is 1.08 bits per heavy atom. The van der Waals surface area contributed by atoms with E-state index in [-0.39, 0.29) is 0 Å². The van der Waals surface area contributed by atoms with Crippen molar-refractivity contribution in [1.29, 1.82) is 0 Å². The Hall–Kier alpha value is -0.400. The van der Waals surface area contributed by atoms with Crippen LogP contribution in [0.4, 0.5) is 21.4 Å². The first-order valence-corrected chi connectivity index (χ1v) is 4.24. The summed E-state index contributed by atoms with van der Waals surface area (Å²) in [6.07, 6.45) is -6.96. The second-order valence-corrected chi connectivity index (χ2v) is 3.15. The second kappa shape index (κ2) is 6.15. The lowest BCUT2D eigenvalue weighted by molar-refractivity contribution is -0.0278. The Balaban J connectivity index is 0. The van der Waals surface area contributed by atoms with Crippen LogP contribution in [-0.2, 0) is 10.2 Å². The first-order valence-electron chi connectivity index (χ1n) is 2.69. The fourth-order valence-corrected chi connectivity index (χ4v) is 0. The van der Waals surface area contributed by atoms with E-state index in [4.69, 9.17) is 0 Å². The van der Waals surface area contributed by atoms with Gasteiger partial charge in [0.25, 0.3) is 12.9 Å². The van der Waals surface area contributed by atoms with Crippen molar-refractivity contribution in [2.45, 2.75) is 19.8 Å². The molecule has 0 saturated heterocycles. The molecule has 0 aliphatic carbocycles. The maximum absolute atomic E-state index is 11.1. The molecule has 0 radical (unpaired) electrons. The summed E-state index contributed by atoms with van der Waals surface area (Å²) in [5, 5.41) is 0. The summed E-state index contributed by atoms with van der Waals surface area (Å²) in [4.78, 5) is 0. The van der Waals surface area contributed by atoms with Crippen LogP contribution in [-0.4, -0.2) is 27.0 Å². The molecule has 8 heteroatoms. The van der Waals surface area contributed by atoms with Crippen molar-refractivity contribution < 1.29 is 29.9 Å². The molecule has 0 aromatic rings. The Labute approximate surface area is 66.6 Å². The molecular weight excluding hydrogens is 207 g/mol. The molecule has 0 aliphatic heterocycles. The molecule has 0 rings (SSSR count). The average molecular weight is 214 g/mol. The molecule has 76 valence electrons. The Morgan fingerprint density at radius 2 is 1.25 bits per heavy atom. The summed E-state index contributed by atoms with van der Waals surface area (Å²) in [5.41, 5.74) is 0. The van der Waals surface area contributed by atoms with E-state index in [0.29, 0.717) is 0 Å². The minimum absolute atomic E-state index is 0.424. The van der Waals surface area contributed by atoms with Crippen LogP contribution in [0.15, 0.2) is 0 Å². The van der Waals surface area contributed by atoms with Gasteiger partial charge in [-0.2, -0.15) is 8.42 Å². The molecule has 0 N–H and O–H groups in total. The lowest BCUT2D eigenvalue weighted by Crippen LogP contribution is -2.02. The van der Waals surface area contributed by atoms with Crippen molar-refractivity contribution in [3.63, 3.8) is 0 Å². The molecule has 0 unspecified atom stereocenters. The van der Waals surface area contributed by atoms with Crippen LogP contribution in [0, 0.1) is 0 Å². The van der Waals surface area contributed by atoms with Gasteiger partial charge < -0.3 is 0 Å². The number of rotatable bonds is 2. The third-order valence-electron chi connectivity index (χ3n) is 0.535. The van der Waals surface area contributed by atoms with E-state index in [1.807, 2.05) is 0 Å².